The van der Waals surface area contributed by atoms with Gasteiger partial charge in [-0.25, -0.2) is 5.10 Å². The summed E-state index contributed by atoms with van der Waals surface area (Å²) in [4.78, 5) is 16.0. The predicted molar refractivity (Wildman–Crippen MR) is 83.0 cm³/mol. The fraction of sp³-hybridized carbons (Fsp3) is 0.200. The summed E-state index contributed by atoms with van der Waals surface area (Å²) in [5.74, 6) is -0.132. The van der Waals surface area contributed by atoms with Crippen molar-refractivity contribution in [1.82, 2.24) is 15.2 Å². The van der Waals surface area contributed by atoms with Gasteiger partial charge in [-0.3, -0.25) is 4.79 Å². The molecule has 0 aliphatic heterocycles. The lowest BCUT2D eigenvalue weighted by Gasteiger charge is -2.12. The molecule has 1 aromatic carbocycles. The second-order valence-electron chi connectivity index (χ2n) is 4.88. The van der Waals surface area contributed by atoms with Crippen LogP contribution < -0.4 is 10.6 Å². The maximum atomic E-state index is 12.2. The van der Waals surface area contributed by atoms with Crippen molar-refractivity contribution in [3.8, 4) is 6.07 Å². The molecule has 3 N–H and O–H groups in total. The second-order valence-corrected chi connectivity index (χ2v) is 4.88. The molecule has 1 aromatic heterocycles. The van der Waals surface area contributed by atoms with E-state index in [4.69, 9.17) is 5.26 Å². The first-order chi connectivity index (χ1) is 10.5. The van der Waals surface area contributed by atoms with Gasteiger partial charge in [-0.1, -0.05) is 17.7 Å². The molecule has 7 nitrogen and oxygen atoms in total. The molecule has 2 rings (SSSR count). The van der Waals surface area contributed by atoms with Gasteiger partial charge in [0.1, 0.15) is 18.0 Å². The fourth-order valence-corrected chi connectivity index (χ4v) is 2.12. The van der Waals surface area contributed by atoms with Crippen LogP contribution >= 0.6 is 0 Å². The summed E-state index contributed by atoms with van der Waals surface area (Å²) in [6.45, 7) is 5.82. The van der Waals surface area contributed by atoms with Crippen molar-refractivity contribution in [1.29, 1.82) is 5.26 Å². The third-order valence-corrected chi connectivity index (χ3v) is 3.05. The summed E-state index contributed by atoms with van der Waals surface area (Å²) < 4.78 is 0. The molecule has 0 aliphatic carbocycles. The van der Waals surface area contributed by atoms with Crippen LogP contribution in [-0.2, 0) is 4.79 Å². The van der Waals surface area contributed by atoms with Crippen molar-refractivity contribution in [2.45, 2.75) is 20.8 Å². The molecule has 112 valence electrons. The van der Waals surface area contributed by atoms with Gasteiger partial charge in [0.25, 0.3) is 5.91 Å². The number of hydrogen-bond donors (Lipinski definition) is 3. The van der Waals surface area contributed by atoms with E-state index in [1.165, 1.54) is 12.5 Å². The van der Waals surface area contributed by atoms with Gasteiger partial charge in [-0.2, -0.15) is 15.3 Å². The Morgan fingerprint density at radius 2 is 2.00 bits per heavy atom. The second kappa shape index (κ2) is 6.54. The lowest BCUT2D eigenvalue weighted by atomic mass is 10.0. The number of amides is 1. The number of carbonyl (C=O) groups is 1. The molecule has 0 saturated carbocycles. The summed E-state index contributed by atoms with van der Waals surface area (Å²) in [6.07, 6.45) is 2.61. The molecular weight excluding hydrogens is 280 g/mol. The minimum atomic E-state index is -0.482. The maximum Gasteiger partial charge on any atom is 0.267 e. The zero-order chi connectivity index (χ0) is 16.1. The summed E-state index contributed by atoms with van der Waals surface area (Å²) in [7, 11) is 0. The molecule has 0 radical (unpaired) electrons. The average molecular weight is 296 g/mol. The van der Waals surface area contributed by atoms with Gasteiger partial charge in [-0.05, 0) is 31.9 Å². The highest BCUT2D eigenvalue weighted by Crippen LogP contribution is 2.22. The van der Waals surface area contributed by atoms with Gasteiger partial charge in [0.2, 0.25) is 5.95 Å². The Bertz CT molecular complexity index is 732. The van der Waals surface area contributed by atoms with E-state index in [-0.39, 0.29) is 5.57 Å². The highest BCUT2D eigenvalue weighted by molar-refractivity contribution is 6.07. The van der Waals surface area contributed by atoms with E-state index in [1.54, 1.807) is 0 Å². The largest absolute Gasteiger partial charge is 0.330 e. The standard InChI is InChI=1S/C15H16N6O/c1-9-4-10(2)13(11(3)5-9)20-14(22)12(6-16)7-17-15-18-8-19-21-15/h4-5,7-8H,1-3H3,(H,20,22)(H2,17,18,19,21)/b12-7-. The molecule has 2 aromatic rings. The number of nitrogens with zero attached hydrogens (tertiary/aromatic N) is 3. The Hall–Kier alpha value is -3.14. The molecule has 0 fully saturated rings. The van der Waals surface area contributed by atoms with Gasteiger partial charge >= 0.3 is 0 Å². The Morgan fingerprint density at radius 3 is 2.55 bits per heavy atom. The number of anilines is 2. The van der Waals surface area contributed by atoms with Crippen LogP contribution in [0.2, 0.25) is 0 Å². The maximum absolute atomic E-state index is 12.2. The van der Waals surface area contributed by atoms with Crippen LogP contribution in [0, 0.1) is 32.1 Å². The monoisotopic (exact) mass is 296 g/mol. The van der Waals surface area contributed by atoms with Crippen LogP contribution in [0.15, 0.2) is 30.2 Å². The third kappa shape index (κ3) is 3.49. The summed E-state index contributed by atoms with van der Waals surface area (Å²) >= 11 is 0. The first-order valence-electron chi connectivity index (χ1n) is 6.62. The smallest absolute Gasteiger partial charge is 0.267 e. The summed E-state index contributed by atoms with van der Waals surface area (Å²) in [6, 6.07) is 5.81. The van der Waals surface area contributed by atoms with Crippen LogP contribution in [0.3, 0.4) is 0 Å². The normalized spacial score (nSPS) is 10.9. The molecular formula is C15H16N6O. The zero-order valence-corrected chi connectivity index (χ0v) is 12.6. The Kier molecular flexibility index (Phi) is 4.53. The van der Waals surface area contributed by atoms with Crippen molar-refractivity contribution >= 4 is 17.5 Å². The number of rotatable bonds is 4. The van der Waals surface area contributed by atoms with Crippen LogP contribution in [0.1, 0.15) is 16.7 Å². The minimum Gasteiger partial charge on any atom is -0.330 e. The SMILES string of the molecule is Cc1cc(C)c(NC(=O)/C(C#N)=C\Nc2ncn[nH]2)c(C)c1. The molecule has 0 spiro atoms. The molecule has 7 heteroatoms. The Morgan fingerprint density at radius 1 is 1.32 bits per heavy atom. The number of hydrogen-bond acceptors (Lipinski definition) is 5. The molecule has 1 amide bonds. The quantitative estimate of drug-likeness (QED) is 0.592. The summed E-state index contributed by atoms with van der Waals surface area (Å²) in [5, 5.41) is 20.8. The number of H-pyrrole nitrogens is 1. The molecule has 0 saturated heterocycles. The van der Waals surface area contributed by atoms with Gasteiger partial charge in [0.05, 0.1) is 0 Å². The summed E-state index contributed by atoms with van der Waals surface area (Å²) in [5.41, 5.74) is 3.68. The molecule has 0 bridgehead atoms. The molecule has 22 heavy (non-hydrogen) atoms. The van der Waals surface area contributed by atoms with E-state index in [0.717, 1.165) is 22.4 Å². The van der Waals surface area contributed by atoms with E-state index in [2.05, 4.69) is 25.8 Å². The van der Waals surface area contributed by atoms with Crippen molar-refractivity contribution < 1.29 is 4.79 Å². The topological polar surface area (TPSA) is 106 Å². The van der Waals surface area contributed by atoms with Gasteiger partial charge in [-0.15, -0.1) is 0 Å². The van der Waals surface area contributed by atoms with Crippen LogP contribution in [-0.4, -0.2) is 21.1 Å². The molecule has 1 heterocycles. The number of aryl methyl sites for hydroxylation is 3. The van der Waals surface area contributed by atoms with E-state index >= 15 is 0 Å². The van der Waals surface area contributed by atoms with Gasteiger partial charge in [0, 0.05) is 11.9 Å². The fourth-order valence-electron chi connectivity index (χ4n) is 2.12. The van der Waals surface area contributed by atoms with E-state index in [1.807, 2.05) is 39.0 Å². The van der Waals surface area contributed by atoms with E-state index < -0.39 is 5.91 Å². The predicted octanol–water partition coefficient (Wildman–Crippen LogP) is 2.19. The molecule has 0 aliphatic rings. The van der Waals surface area contributed by atoms with Crippen LogP contribution in [0.4, 0.5) is 11.6 Å². The highest BCUT2D eigenvalue weighted by Gasteiger charge is 2.12. The first kappa shape index (κ1) is 15.3. The average Bonchev–Trinajstić information content (AvgIpc) is 2.96. The van der Waals surface area contributed by atoms with Crippen molar-refractivity contribution in [3.63, 3.8) is 0 Å². The Labute approximate surface area is 128 Å². The lowest BCUT2D eigenvalue weighted by molar-refractivity contribution is -0.112. The van der Waals surface area contributed by atoms with Crippen LogP contribution in [0.5, 0.6) is 0 Å². The third-order valence-electron chi connectivity index (χ3n) is 3.05. The first-order valence-corrected chi connectivity index (χ1v) is 6.62. The van der Waals surface area contributed by atoms with Crippen molar-refractivity contribution in [2.24, 2.45) is 0 Å². The van der Waals surface area contributed by atoms with Gasteiger partial charge < -0.3 is 10.6 Å². The van der Waals surface area contributed by atoms with E-state index in [9.17, 15) is 4.79 Å². The van der Waals surface area contributed by atoms with Crippen molar-refractivity contribution in [3.05, 3.63) is 46.9 Å². The van der Waals surface area contributed by atoms with Crippen LogP contribution in [0.25, 0.3) is 0 Å². The molecule has 0 atom stereocenters. The number of nitrogens with one attached hydrogen (secondary N) is 3. The highest BCUT2D eigenvalue weighted by atomic mass is 16.1. The van der Waals surface area contributed by atoms with Crippen molar-refractivity contribution in [2.75, 3.05) is 10.6 Å². The van der Waals surface area contributed by atoms with E-state index in [0.29, 0.717) is 5.95 Å². The minimum absolute atomic E-state index is 0.0595. The zero-order valence-electron chi connectivity index (χ0n) is 12.6. The number of nitriles is 1. The Balaban J connectivity index is 2.17. The number of aromatic nitrogens is 3. The number of benzene rings is 1. The molecule has 0 unspecified atom stereocenters. The number of carbonyl (C=O) groups excluding carboxylic acids is 1. The van der Waals surface area contributed by atoms with Gasteiger partial charge in [0.15, 0.2) is 0 Å². The number of aromatic amines is 1. The lowest BCUT2D eigenvalue weighted by Crippen LogP contribution is -2.16.